The van der Waals surface area contributed by atoms with Gasteiger partial charge in [-0.2, -0.15) is 0 Å². The number of benzene rings is 1. The minimum atomic E-state index is -0.357. The number of hydrogen-bond acceptors (Lipinski definition) is 5. The SMILES string of the molecule is CC(C)C(C)CNc1ccc2scnc2c1[N+](=O)[O-]. The number of aromatic nitrogens is 1. The Kier molecular flexibility index (Phi) is 3.99. The van der Waals surface area contributed by atoms with Gasteiger partial charge in [0.25, 0.3) is 0 Å². The van der Waals surface area contributed by atoms with Crippen LogP contribution in [0.5, 0.6) is 0 Å². The summed E-state index contributed by atoms with van der Waals surface area (Å²) in [5.74, 6) is 0.986. The van der Waals surface area contributed by atoms with Crippen LogP contribution in [0.3, 0.4) is 0 Å². The summed E-state index contributed by atoms with van der Waals surface area (Å²) in [6.45, 7) is 7.13. The Morgan fingerprint density at radius 1 is 1.42 bits per heavy atom. The highest BCUT2D eigenvalue weighted by Crippen LogP contribution is 2.34. The molecule has 1 aromatic heterocycles. The first-order valence-electron chi connectivity index (χ1n) is 6.25. The van der Waals surface area contributed by atoms with Crippen LogP contribution in [0, 0.1) is 22.0 Å². The second-order valence-electron chi connectivity index (χ2n) is 5.02. The minimum absolute atomic E-state index is 0.0784. The van der Waals surface area contributed by atoms with Crippen LogP contribution < -0.4 is 5.32 Å². The van der Waals surface area contributed by atoms with Crippen LogP contribution in [0.25, 0.3) is 10.2 Å². The molecule has 19 heavy (non-hydrogen) atoms. The van der Waals surface area contributed by atoms with E-state index in [-0.39, 0.29) is 10.6 Å². The van der Waals surface area contributed by atoms with Crippen LogP contribution in [-0.4, -0.2) is 16.5 Å². The van der Waals surface area contributed by atoms with E-state index in [1.165, 1.54) is 11.3 Å². The summed E-state index contributed by atoms with van der Waals surface area (Å²) in [5.41, 5.74) is 2.74. The molecule has 2 rings (SSSR count). The number of nitrogens with one attached hydrogen (secondary N) is 1. The molecule has 0 aliphatic carbocycles. The fourth-order valence-electron chi connectivity index (χ4n) is 1.75. The Labute approximate surface area is 115 Å². The van der Waals surface area contributed by atoms with Gasteiger partial charge in [0, 0.05) is 6.54 Å². The average Bonchev–Trinajstić information content (AvgIpc) is 2.82. The van der Waals surface area contributed by atoms with Crippen molar-refractivity contribution in [3.8, 4) is 0 Å². The van der Waals surface area contributed by atoms with E-state index in [1.54, 1.807) is 11.6 Å². The summed E-state index contributed by atoms with van der Waals surface area (Å²) in [5, 5.41) is 14.4. The highest BCUT2D eigenvalue weighted by atomic mass is 32.1. The Morgan fingerprint density at radius 2 is 2.16 bits per heavy atom. The molecule has 1 heterocycles. The third-order valence-electron chi connectivity index (χ3n) is 3.41. The third kappa shape index (κ3) is 2.84. The van der Waals surface area contributed by atoms with Crippen molar-refractivity contribution >= 4 is 32.9 Å². The molecule has 0 radical (unpaired) electrons. The topological polar surface area (TPSA) is 68.1 Å². The minimum Gasteiger partial charge on any atom is -0.379 e. The number of fused-ring (bicyclic) bond motifs is 1. The lowest BCUT2D eigenvalue weighted by atomic mass is 9.98. The Bertz CT molecular complexity index is 595. The van der Waals surface area contributed by atoms with Gasteiger partial charge in [-0.05, 0) is 24.0 Å². The van der Waals surface area contributed by atoms with Crippen molar-refractivity contribution in [1.29, 1.82) is 0 Å². The highest BCUT2D eigenvalue weighted by Gasteiger charge is 2.21. The van der Waals surface area contributed by atoms with Crippen molar-refractivity contribution < 1.29 is 4.92 Å². The fourth-order valence-corrected chi connectivity index (χ4v) is 2.43. The molecule has 1 N–H and O–H groups in total. The van der Waals surface area contributed by atoms with Crippen LogP contribution in [0.2, 0.25) is 0 Å². The van der Waals surface area contributed by atoms with Crippen molar-refractivity contribution in [3.63, 3.8) is 0 Å². The first kappa shape index (κ1) is 13.7. The summed E-state index contributed by atoms with van der Waals surface area (Å²) in [6, 6.07) is 3.65. The van der Waals surface area contributed by atoms with Crippen LogP contribution in [0.1, 0.15) is 20.8 Å². The van der Waals surface area contributed by atoms with Crippen LogP contribution in [0.15, 0.2) is 17.6 Å². The number of rotatable bonds is 5. The third-order valence-corrected chi connectivity index (χ3v) is 4.20. The first-order valence-corrected chi connectivity index (χ1v) is 7.13. The normalized spacial score (nSPS) is 12.8. The molecule has 102 valence electrons. The van der Waals surface area contributed by atoms with Gasteiger partial charge in [0.2, 0.25) is 0 Å². The lowest BCUT2D eigenvalue weighted by molar-refractivity contribution is -0.382. The van der Waals surface area contributed by atoms with E-state index >= 15 is 0 Å². The molecule has 0 saturated carbocycles. The smallest absolute Gasteiger partial charge is 0.319 e. The van der Waals surface area contributed by atoms with Crippen LogP contribution in [0.4, 0.5) is 11.4 Å². The van der Waals surface area contributed by atoms with Crippen molar-refractivity contribution in [2.75, 3.05) is 11.9 Å². The molecule has 5 nitrogen and oxygen atoms in total. The standard InChI is InChI=1S/C13H17N3O2S/c1-8(2)9(3)6-14-10-4-5-11-12(15-7-19-11)13(10)16(17)18/h4-5,7-9,14H,6H2,1-3H3. The zero-order valence-corrected chi connectivity index (χ0v) is 12.0. The van der Waals surface area contributed by atoms with Gasteiger partial charge in [-0.1, -0.05) is 20.8 Å². The van der Waals surface area contributed by atoms with Gasteiger partial charge in [-0.15, -0.1) is 11.3 Å². The van der Waals surface area contributed by atoms with E-state index in [1.807, 2.05) is 6.07 Å². The molecule has 0 saturated heterocycles. The molecule has 0 bridgehead atoms. The number of hydrogen-bond donors (Lipinski definition) is 1. The molecule has 6 heteroatoms. The zero-order valence-electron chi connectivity index (χ0n) is 11.2. The second-order valence-corrected chi connectivity index (χ2v) is 5.91. The van der Waals surface area contributed by atoms with Crippen molar-refractivity contribution in [3.05, 3.63) is 27.8 Å². The van der Waals surface area contributed by atoms with E-state index in [4.69, 9.17) is 0 Å². The largest absolute Gasteiger partial charge is 0.379 e. The number of thiazole rings is 1. The summed E-state index contributed by atoms with van der Waals surface area (Å²) in [7, 11) is 0. The van der Waals surface area contributed by atoms with Crippen molar-refractivity contribution in [2.45, 2.75) is 20.8 Å². The molecule has 0 spiro atoms. The Morgan fingerprint density at radius 3 is 2.79 bits per heavy atom. The van der Waals surface area contributed by atoms with Crippen LogP contribution in [-0.2, 0) is 0 Å². The lowest BCUT2D eigenvalue weighted by Crippen LogP contribution is -2.16. The summed E-state index contributed by atoms with van der Waals surface area (Å²) in [4.78, 5) is 15.0. The monoisotopic (exact) mass is 279 g/mol. The van der Waals surface area contributed by atoms with Gasteiger partial charge in [0.05, 0.1) is 15.1 Å². The molecule has 1 unspecified atom stereocenters. The number of nitrogens with zero attached hydrogens (tertiary/aromatic N) is 2. The highest BCUT2D eigenvalue weighted by molar-refractivity contribution is 7.16. The average molecular weight is 279 g/mol. The van der Waals surface area contributed by atoms with Gasteiger partial charge >= 0.3 is 5.69 Å². The first-order chi connectivity index (χ1) is 9.00. The molecular formula is C13H17N3O2S. The zero-order chi connectivity index (χ0) is 14.0. The molecule has 2 aromatic rings. The van der Waals surface area contributed by atoms with E-state index in [0.29, 0.717) is 29.6 Å². The maximum absolute atomic E-state index is 11.2. The second kappa shape index (κ2) is 5.52. The van der Waals surface area contributed by atoms with Crippen molar-refractivity contribution in [1.82, 2.24) is 4.98 Å². The van der Waals surface area contributed by atoms with E-state index < -0.39 is 0 Å². The Balaban J connectivity index is 2.32. The summed E-state index contributed by atoms with van der Waals surface area (Å²) >= 11 is 1.41. The van der Waals surface area contributed by atoms with Crippen LogP contribution >= 0.6 is 11.3 Å². The Hall–Kier alpha value is -1.69. The molecular weight excluding hydrogens is 262 g/mol. The summed E-state index contributed by atoms with van der Waals surface area (Å²) < 4.78 is 0.842. The molecule has 0 fully saturated rings. The van der Waals surface area contributed by atoms with Gasteiger partial charge in [-0.3, -0.25) is 10.1 Å². The number of nitro benzene ring substituents is 1. The fraction of sp³-hybridized carbons (Fsp3) is 0.462. The van der Waals surface area contributed by atoms with Gasteiger partial charge in [0.1, 0.15) is 5.69 Å². The predicted octanol–water partition coefficient (Wildman–Crippen LogP) is 3.91. The maximum Gasteiger partial charge on any atom is 0.319 e. The van der Waals surface area contributed by atoms with Gasteiger partial charge in [0.15, 0.2) is 5.52 Å². The molecule has 0 amide bonds. The van der Waals surface area contributed by atoms with E-state index in [9.17, 15) is 10.1 Å². The van der Waals surface area contributed by atoms with Gasteiger partial charge in [-0.25, -0.2) is 4.98 Å². The number of nitro groups is 1. The summed E-state index contributed by atoms with van der Waals surface area (Å²) in [6.07, 6.45) is 0. The van der Waals surface area contributed by atoms with E-state index in [2.05, 4.69) is 31.1 Å². The number of anilines is 1. The molecule has 1 atom stereocenters. The van der Waals surface area contributed by atoms with Crippen molar-refractivity contribution in [2.24, 2.45) is 11.8 Å². The molecule has 0 aliphatic heterocycles. The molecule has 1 aromatic carbocycles. The maximum atomic E-state index is 11.2. The van der Waals surface area contributed by atoms with Gasteiger partial charge < -0.3 is 5.32 Å². The predicted molar refractivity (Wildman–Crippen MR) is 78.8 cm³/mol. The lowest BCUT2D eigenvalue weighted by Gasteiger charge is -2.16. The molecule has 0 aliphatic rings. The quantitative estimate of drug-likeness (QED) is 0.665. The van der Waals surface area contributed by atoms with E-state index in [0.717, 1.165) is 4.70 Å².